The third-order valence-corrected chi connectivity index (χ3v) is 1.42. The van der Waals surface area contributed by atoms with Gasteiger partial charge in [0.2, 0.25) is 0 Å². The second-order valence-corrected chi connectivity index (χ2v) is 2.24. The number of hydrogen-bond acceptors (Lipinski definition) is 2. The van der Waals surface area contributed by atoms with E-state index in [0.717, 1.165) is 25.2 Å². The highest BCUT2D eigenvalue weighted by atomic mass is 14.9. The molecule has 0 aliphatic carbocycles. The molecule has 1 saturated heterocycles. The van der Waals surface area contributed by atoms with Crippen LogP contribution in [0.25, 0.3) is 0 Å². The molecule has 0 bridgehead atoms. The minimum Gasteiger partial charge on any atom is -0.311 e. The second-order valence-electron chi connectivity index (χ2n) is 2.24. The van der Waals surface area contributed by atoms with Crippen LogP contribution in [-0.4, -0.2) is 18.8 Å². The molecule has 0 amide bonds. The van der Waals surface area contributed by atoms with Crippen LogP contribution < -0.4 is 5.32 Å². The lowest BCUT2D eigenvalue weighted by Crippen LogP contribution is -2.19. The summed E-state index contributed by atoms with van der Waals surface area (Å²) in [6.45, 7) is 1.92. The SMILES string of the molecule is N=C1CCCCNC1. The average Bonchev–Trinajstić information content (AvgIpc) is 1.94. The molecule has 0 unspecified atom stereocenters. The fourth-order valence-electron chi connectivity index (χ4n) is 0.916. The van der Waals surface area contributed by atoms with Crippen molar-refractivity contribution < 1.29 is 0 Å². The summed E-state index contributed by atoms with van der Waals surface area (Å²) >= 11 is 0. The third kappa shape index (κ3) is 1.62. The predicted molar refractivity (Wildman–Crippen MR) is 34.4 cm³/mol. The lowest BCUT2D eigenvalue weighted by molar-refractivity contribution is 0.710. The van der Waals surface area contributed by atoms with E-state index in [2.05, 4.69) is 5.32 Å². The maximum absolute atomic E-state index is 7.27. The normalized spacial score (nSPS) is 22.8. The van der Waals surface area contributed by atoms with Crippen molar-refractivity contribution in [2.24, 2.45) is 0 Å². The quantitative estimate of drug-likeness (QED) is 0.477. The highest BCUT2D eigenvalue weighted by Crippen LogP contribution is 1.98. The summed E-state index contributed by atoms with van der Waals surface area (Å²) in [7, 11) is 0. The molecule has 0 atom stereocenters. The predicted octanol–water partition coefficient (Wildman–Crippen LogP) is 0.780. The smallest absolute Gasteiger partial charge is 0.0332 e. The van der Waals surface area contributed by atoms with Crippen molar-refractivity contribution in [3.8, 4) is 0 Å². The van der Waals surface area contributed by atoms with E-state index in [-0.39, 0.29) is 0 Å². The van der Waals surface area contributed by atoms with Gasteiger partial charge in [0.25, 0.3) is 0 Å². The van der Waals surface area contributed by atoms with E-state index < -0.39 is 0 Å². The molecule has 0 aromatic heterocycles. The van der Waals surface area contributed by atoms with Crippen LogP contribution in [0.5, 0.6) is 0 Å². The Hall–Kier alpha value is -0.370. The van der Waals surface area contributed by atoms with Crippen LogP contribution >= 0.6 is 0 Å². The van der Waals surface area contributed by atoms with Crippen LogP contribution in [0.15, 0.2) is 0 Å². The molecule has 1 rings (SSSR count). The number of hydrogen-bond donors (Lipinski definition) is 2. The summed E-state index contributed by atoms with van der Waals surface area (Å²) in [5.74, 6) is 0. The maximum atomic E-state index is 7.27. The van der Waals surface area contributed by atoms with E-state index in [1.165, 1.54) is 12.8 Å². The molecule has 2 nitrogen and oxygen atoms in total. The van der Waals surface area contributed by atoms with Gasteiger partial charge in [-0.1, -0.05) is 0 Å². The molecule has 1 aliphatic rings. The van der Waals surface area contributed by atoms with Crippen molar-refractivity contribution in [3.05, 3.63) is 0 Å². The molecule has 0 aromatic carbocycles. The summed E-state index contributed by atoms with van der Waals surface area (Å²) in [6, 6.07) is 0. The first kappa shape index (κ1) is 5.76. The first-order chi connectivity index (χ1) is 3.89. The molecular formula is C6H12N2. The van der Waals surface area contributed by atoms with Gasteiger partial charge >= 0.3 is 0 Å². The van der Waals surface area contributed by atoms with Gasteiger partial charge in [0.15, 0.2) is 0 Å². The topological polar surface area (TPSA) is 35.9 Å². The van der Waals surface area contributed by atoms with E-state index in [1.807, 2.05) is 0 Å². The highest BCUT2D eigenvalue weighted by Gasteiger charge is 2.00. The minimum absolute atomic E-state index is 0.819. The molecule has 0 radical (unpaired) electrons. The minimum atomic E-state index is 0.819. The fourth-order valence-corrected chi connectivity index (χ4v) is 0.916. The van der Waals surface area contributed by atoms with E-state index in [9.17, 15) is 0 Å². The van der Waals surface area contributed by atoms with Gasteiger partial charge in [0.05, 0.1) is 0 Å². The molecule has 46 valence electrons. The van der Waals surface area contributed by atoms with Crippen molar-refractivity contribution in [1.82, 2.24) is 5.32 Å². The Morgan fingerprint density at radius 3 is 3.12 bits per heavy atom. The van der Waals surface area contributed by atoms with E-state index in [1.54, 1.807) is 0 Å². The molecule has 1 fully saturated rings. The highest BCUT2D eigenvalue weighted by molar-refractivity contribution is 5.83. The molecule has 0 saturated carbocycles. The second kappa shape index (κ2) is 2.82. The monoisotopic (exact) mass is 112 g/mol. The van der Waals surface area contributed by atoms with Gasteiger partial charge in [-0.25, -0.2) is 0 Å². The summed E-state index contributed by atoms with van der Waals surface area (Å²) in [5.41, 5.74) is 0.863. The van der Waals surface area contributed by atoms with Crippen molar-refractivity contribution in [3.63, 3.8) is 0 Å². The molecule has 0 aromatic rings. The molecule has 2 N–H and O–H groups in total. The van der Waals surface area contributed by atoms with E-state index in [0.29, 0.717) is 0 Å². The molecule has 8 heavy (non-hydrogen) atoms. The molecule has 0 spiro atoms. The standard InChI is InChI=1S/C6H12N2/c7-6-3-1-2-4-8-5-6/h7-8H,1-5H2. The number of nitrogens with one attached hydrogen (secondary N) is 2. The first-order valence-electron chi connectivity index (χ1n) is 3.16. The molecular weight excluding hydrogens is 100 g/mol. The van der Waals surface area contributed by atoms with Crippen LogP contribution in [0, 0.1) is 5.41 Å². The lowest BCUT2D eigenvalue weighted by Gasteiger charge is -1.94. The Bertz CT molecular complexity index is 78.5. The average molecular weight is 112 g/mol. The van der Waals surface area contributed by atoms with E-state index >= 15 is 0 Å². The molecule has 1 aliphatic heterocycles. The molecule has 1 heterocycles. The summed E-state index contributed by atoms with van der Waals surface area (Å²) in [4.78, 5) is 0. The van der Waals surface area contributed by atoms with Crippen LogP contribution in [0.1, 0.15) is 19.3 Å². The molecule has 2 heteroatoms. The Kier molecular flexibility index (Phi) is 2.03. The van der Waals surface area contributed by atoms with Gasteiger partial charge in [-0.2, -0.15) is 0 Å². The van der Waals surface area contributed by atoms with Crippen molar-refractivity contribution in [2.45, 2.75) is 19.3 Å². The van der Waals surface area contributed by atoms with Crippen LogP contribution in [0.3, 0.4) is 0 Å². The zero-order valence-corrected chi connectivity index (χ0v) is 5.04. The summed E-state index contributed by atoms with van der Waals surface area (Å²) in [5, 5.41) is 10.4. The van der Waals surface area contributed by atoms with Crippen LogP contribution in [0.2, 0.25) is 0 Å². The Labute approximate surface area is 49.8 Å². The van der Waals surface area contributed by atoms with Gasteiger partial charge in [0, 0.05) is 12.3 Å². The zero-order valence-electron chi connectivity index (χ0n) is 5.04. The lowest BCUT2D eigenvalue weighted by atomic mass is 10.2. The maximum Gasteiger partial charge on any atom is 0.0332 e. The van der Waals surface area contributed by atoms with Gasteiger partial charge in [-0.3, -0.25) is 0 Å². The van der Waals surface area contributed by atoms with Crippen molar-refractivity contribution >= 4 is 5.71 Å². The number of rotatable bonds is 0. The van der Waals surface area contributed by atoms with Gasteiger partial charge in [-0.15, -0.1) is 0 Å². The Balaban J connectivity index is 2.27. The van der Waals surface area contributed by atoms with Gasteiger partial charge < -0.3 is 10.7 Å². The summed E-state index contributed by atoms with van der Waals surface area (Å²) in [6.07, 6.45) is 3.45. The third-order valence-electron chi connectivity index (χ3n) is 1.42. The van der Waals surface area contributed by atoms with Crippen LogP contribution in [0.4, 0.5) is 0 Å². The Morgan fingerprint density at radius 1 is 1.38 bits per heavy atom. The van der Waals surface area contributed by atoms with Crippen molar-refractivity contribution in [1.29, 1.82) is 5.41 Å². The first-order valence-corrected chi connectivity index (χ1v) is 3.16. The fraction of sp³-hybridized carbons (Fsp3) is 0.833. The Morgan fingerprint density at radius 2 is 2.25 bits per heavy atom. The van der Waals surface area contributed by atoms with Gasteiger partial charge in [0.1, 0.15) is 0 Å². The largest absolute Gasteiger partial charge is 0.311 e. The van der Waals surface area contributed by atoms with Crippen LogP contribution in [-0.2, 0) is 0 Å². The summed E-state index contributed by atoms with van der Waals surface area (Å²) < 4.78 is 0. The van der Waals surface area contributed by atoms with Crippen molar-refractivity contribution in [2.75, 3.05) is 13.1 Å². The zero-order chi connectivity index (χ0) is 5.82. The van der Waals surface area contributed by atoms with E-state index in [4.69, 9.17) is 5.41 Å². The van der Waals surface area contributed by atoms with Gasteiger partial charge in [-0.05, 0) is 25.8 Å².